The van der Waals surface area contributed by atoms with E-state index < -0.39 is 0 Å². The lowest BCUT2D eigenvalue weighted by Crippen LogP contribution is -1.96. The van der Waals surface area contributed by atoms with Gasteiger partial charge in [-0.05, 0) is 61.6 Å². The highest BCUT2D eigenvalue weighted by Gasteiger charge is 2.02. The van der Waals surface area contributed by atoms with Gasteiger partial charge in [0, 0.05) is 0 Å². The molecule has 1 aromatic rings. The molecule has 1 aliphatic rings. The summed E-state index contributed by atoms with van der Waals surface area (Å²) in [7, 11) is 0. The van der Waals surface area contributed by atoms with Crippen molar-refractivity contribution < 1.29 is 4.74 Å². The Morgan fingerprint density at radius 3 is 2.50 bits per heavy atom. The van der Waals surface area contributed by atoms with Gasteiger partial charge in [0.25, 0.3) is 0 Å². The second kappa shape index (κ2) is 7.75. The molecule has 0 saturated carbocycles. The van der Waals surface area contributed by atoms with E-state index in [1.165, 1.54) is 11.1 Å². The van der Waals surface area contributed by atoms with Crippen molar-refractivity contribution in [2.24, 2.45) is 0 Å². The van der Waals surface area contributed by atoms with Crippen molar-refractivity contribution >= 4 is 0 Å². The van der Waals surface area contributed by atoms with Crippen LogP contribution in [0.5, 0.6) is 5.75 Å². The number of aryl methyl sites for hydroxylation is 2. The minimum Gasteiger partial charge on any atom is -0.458 e. The van der Waals surface area contributed by atoms with Gasteiger partial charge in [-0.3, -0.25) is 0 Å². The Labute approximate surface area is 111 Å². The number of rotatable bonds is 3. The molecule has 0 aliphatic heterocycles. The molecular formula is C17H24O. The van der Waals surface area contributed by atoms with E-state index in [0.717, 1.165) is 30.8 Å². The first-order chi connectivity index (χ1) is 8.79. The van der Waals surface area contributed by atoms with Gasteiger partial charge in [-0.15, -0.1) is 0 Å². The lowest BCUT2D eigenvalue weighted by molar-refractivity contribution is 0.438. The van der Waals surface area contributed by atoms with Crippen molar-refractivity contribution in [2.75, 3.05) is 0 Å². The number of hydrogen-bond acceptors (Lipinski definition) is 1. The molecule has 0 radical (unpaired) electrons. The van der Waals surface area contributed by atoms with Gasteiger partial charge in [0.2, 0.25) is 0 Å². The molecule has 0 fully saturated rings. The van der Waals surface area contributed by atoms with Crippen molar-refractivity contribution in [3.05, 3.63) is 53.3 Å². The number of benzene rings is 1. The summed E-state index contributed by atoms with van der Waals surface area (Å²) in [5.41, 5.74) is 2.70. The summed E-state index contributed by atoms with van der Waals surface area (Å²) in [6.07, 6.45) is 9.63. The molecule has 0 amide bonds. The summed E-state index contributed by atoms with van der Waals surface area (Å²) >= 11 is 0. The zero-order chi connectivity index (χ0) is 13.4. The molecule has 18 heavy (non-hydrogen) atoms. The van der Waals surface area contributed by atoms with E-state index in [1.54, 1.807) is 0 Å². The summed E-state index contributed by atoms with van der Waals surface area (Å²) in [4.78, 5) is 0. The zero-order valence-electron chi connectivity index (χ0n) is 12.0. The SMILES string of the molecule is CC.CCc1ccc(OC2=CCCC=C2)cc1C. The van der Waals surface area contributed by atoms with E-state index in [1.807, 2.05) is 19.9 Å². The number of hydrogen-bond donors (Lipinski definition) is 0. The maximum Gasteiger partial charge on any atom is 0.127 e. The fourth-order valence-electron chi connectivity index (χ4n) is 1.93. The van der Waals surface area contributed by atoms with Gasteiger partial charge in [0.05, 0.1) is 0 Å². The molecule has 0 aromatic heterocycles. The van der Waals surface area contributed by atoms with Crippen molar-refractivity contribution in [1.82, 2.24) is 0 Å². The normalized spacial score (nSPS) is 13.4. The molecular weight excluding hydrogens is 220 g/mol. The fourth-order valence-corrected chi connectivity index (χ4v) is 1.93. The van der Waals surface area contributed by atoms with Gasteiger partial charge in [-0.1, -0.05) is 32.9 Å². The molecule has 1 heteroatoms. The van der Waals surface area contributed by atoms with E-state index in [9.17, 15) is 0 Å². The minimum absolute atomic E-state index is 0.938. The summed E-state index contributed by atoms with van der Waals surface area (Å²) in [5, 5.41) is 0. The van der Waals surface area contributed by atoms with Crippen molar-refractivity contribution in [1.29, 1.82) is 0 Å². The molecule has 0 heterocycles. The Hall–Kier alpha value is -1.50. The van der Waals surface area contributed by atoms with Crippen molar-refractivity contribution in [2.45, 2.75) is 47.0 Å². The molecule has 0 bridgehead atoms. The first kappa shape index (κ1) is 14.6. The summed E-state index contributed by atoms with van der Waals surface area (Å²) in [5.74, 6) is 1.90. The Bertz CT molecular complexity index is 427. The fraction of sp³-hybridized carbons (Fsp3) is 0.412. The third-order valence-electron chi connectivity index (χ3n) is 2.89. The van der Waals surface area contributed by atoms with Crippen LogP contribution in [0.3, 0.4) is 0 Å². The molecule has 0 unspecified atom stereocenters. The number of allylic oxidation sites excluding steroid dienone is 3. The second-order valence-corrected chi connectivity index (χ2v) is 4.13. The highest BCUT2D eigenvalue weighted by atomic mass is 16.5. The highest BCUT2D eigenvalue weighted by Crippen LogP contribution is 2.21. The Morgan fingerprint density at radius 1 is 1.17 bits per heavy atom. The first-order valence-electron chi connectivity index (χ1n) is 6.93. The monoisotopic (exact) mass is 244 g/mol. The Balaban J connectivity index is 0.000000771. The Morgan fingerprint density at radius 2 is 1.94 bits per heavy atom. The van der Waals surface area contributed by atoms with Crippen LogP contribution in [0.1, 0.15) is 44.7 Å². The highest BCUT2D eigenvalue weighted by molar-refractivity contribution is 5.36. The van der Waals surface area contributed by atoms with E-state index in [4.69, 9.17) is 4.74 Å². The lowest BCUT2D eigenvalue weighted by Gasteiger charge is -2.11. The van der Waals surface area contributed by atoms with E-state index in [-0.39, 0.29) is 0 Å². The molecule has 1 aliphatic carbocycles. The van der Waals surface area contributed by atoms with Crippen LogP contribution in [0.15, 0.2) is 42.2 Å². The molecule has 0 atom stereocenters. The van der Waals surface area contributed by atoms with Crippen LogP contribution >= 0.6 is 0 Å². The maximum atomic E-state index is 5.81. The third kappa shape index (κ3) is 4.06. The van der Waals surface area contributed by atoms with Crippen LogP contribution < -0.4 is 4.74 Å². The number of ether oxygens (including phenoxy) is 1. The standard InChI is InChI=1S/C15H18O.C2H6/c1-3-13-9-10-15(11-12(13)2)16-14-7-5-4-6-8-14;1-2/h5,7-11H,3-4,6H2,1-2H3;1-2H3. The quantitative estimate of drug-likeness (QED) is 0.710. The van der Waals surface area contributed by atoms with Crippen LogP contribution in [-0.4, -0.2) is 0 Å². The molecule has 0 saturated heterocycles. The van der Waals surface area contributed by atoms with Gasteiger partial charge in [0.1, 0.15) is 11.5 Å². The maximum absolute atomic E-state index is 5.81. The van der Waals surface area contributed by atoms with Crippen molar-refractivity contribution in [3.63, 3.8) is 0 Å². The first-order valence-corrected chi connectivity index (χ1v) is 6.93. The van der Waals surface area contributed by atoms with Crippen LogP contribution in [-0.2, 0) is 6.42 Å². The topological polar surface area (TPSA) is 9.23 Å². The van der Waals surface area contributed by atoms with E-state index in [2.05, 4.69) is 44.2 Å². The van der Waals surface area contributed by atoms with Crippen LogP contribution in [0.25, 0.3) is 0 Å². The molecule has 0 spiro atoms. The Kier molecular flexibility index (Phi) is 6.27. The van der Waals surface area contributed by atoms with Gasteiger partial charge >= 0.3 is 0 Å². The molecule has 98 valence electrons. The average Bonchev–Trinajstić information content (AvgIpc) is 2.42. The van der Waals surface area contributed by atoms with Gasteiger partial charge in [-0.25, -0.2) is 0 Å². The average molecular weight is 244 g/mol. The second-order valence-electron chi connectivity index (χ2n) is 4.13. The van der Waals surface area contributed by atoms with Crippen LogP contribution in [0, 0.1) is 6.92 Å². The molecule has 1 nitrogen and oxygen atoms in total. The van der Waals surface area contributed by atoms with Crippen LogP contribution in [0.4, 0.5) is 0 Å². The molecule has 1 aromatic carbocycles. The van der Waals surface area contributed by atoms with Crippen molar-refractivity contribution in [3.8, 4) is 5.75 Å². The van der Waals surface area contributed by atoms with Gasteiger partial charge in [-0.2, -0.15) is 0 Å². The van der Waals surface area contributed by atoms with E-state index in [0.29, 0.717) is 0 Å². The zero-order valence-corrected chi connectivity index (χ0v) is 12.0. The summed E-state index contributed by atoms with van der Waals surface area (Å²) < 4.78 is 5.81. The summed E-state index contributed by atoms with van der Waals surface area (Å²) in [6.45, 7) is 8.31. The lowest BCUT2D eigenvalue weighted by atomic mass is 10.1. The largest absolute Gasteiger partial charge is 0.458 e. The smallest absolute Gasteiger partial charge is 0.127 e. The van der Waals surface area contributed by atoms with E-state index >= 15 is 0 Å². The minimum atomic E-state index is 0.938. The predicted octanol–water partition coefficient (Wildman–Crippen LogP) is 5.20. The predicted molar refractivity (Wildman–Crippen MR) is 79.0 cm³/mol. The summed E-state index contributed by atoms with van der Waals surface area (Å²) in [6, 6.07) is 6.31. The molecule has 2 rings (SSSR count). The van der Waals surface area contributed by atoms with Gasteiger partial charge < -0.3 is 4.74 Å². The third-order valence-corrected chi connectivity index (χ3v) is 2.89. The molecule has 0 N–H and O–H groups in total. The van der Waals surface area contributed by atoms with Crippen LogP contribution in [0.2, 0.25) is 0 Å². The van der Waals surface area contributed by atoms with Gasteiger partial charge in [0.15, 0.2) is 0 Å².